The van der Waals surface area contributed by atoms with Gasteiger partial charge in [0.05, 0.1) is 64.9 Å². The smallest absolute Gasteiger partial charge is 0.256 e. The maximum Gasteiger partial charge on any atom is 0.256 e. The number of likely N-dealkylation sites (tertiary alicyclic amines) is 1. The van der Waals surface area contributed by atoms with Crippen molar-refractivity contribution in [3.05, 3.63) is 60.4 Å². The number of carbonyl (C=O) groups is 1. The number of hydrogen-bond donors (Lipinski definition) is 2. The topological polar surface area (TPSA) is 164 Å². The van der Waals surface area contributed by atoms with Crippen LogP contribution in [0, 0.1) is 11.8 Å². The molecule has 47 heavy (non-hydrogen) atoms. The summed E-state index contributed by atoms with van der Waals surface area (Å²) >= 11 is 0. The molecule has 0 radical (unpaired) electrons. The minimum absolute atomic E-state index is 0.278. The summed E-state index contributed by atoms with van der Waals surface area (Å²) in [5, 5.41) is 21.9. The molecule has 2 saturated heterocycles. The van der Waals surface area contributed by atoms with Gasteiger partial charge in [-0.1, -0.05) is 11.8 Å². The Morgan fingerprint density at radius 3 is 2.62 bits per heavy atom. The highest BCUT2D eigenvalue weighted by Crippen LogP contribution is 2.31. The highest BCUT2D eigenvalue weighted by Gasteiger charge is 2.37. The van der Waals surface area contributed by atoms with E-state index in [1.165, 1.54) is 12.4 Å². The third kappa shape index (κ3) is 7.04. The fourth-order valence-electron chi connectivity index (χ4n) is 6.03. The number of nitrogens with zero attached hydrogens (tertiary/aromatic N) is 9. The molecular weight excluding hydrogens is 620 g/mol. The minimum atomic E-state index is -3.49. The Morgan fingerprint density at radius 1 is 0.979 bits per heavy atom. The molecule has 0 amide bonds. The van der Waals surface area contributed by atoms with Gasteiger partial charge >= 0.3 is 0 Å². The van der Waals surface area contributed by atoms with Crippen molar-refractivity contribution in [3.8, 4) is 23.2 Å². The Hall–Kier alpha value is -4.65. The van der Waals surface area contributed by atoms with Crippen LogP contribution in [0.4, 0.5) is 17.3 Å². The summed E-state index contributed by atoms with van der Waals surface area (Å²) in [4.78, 5) is 28.6. The number of aromatic nitrogens is 7. The van der Waals surface area contributed by atoms with E-state index in [4.69, 9.17) is 0 Å². The molecule has 244 valence electrons. The van der Waals surface area contributed by atoms with Gasteiger partial charge < -0.3 is 20.1 Å². The Labute approximate surface area is 272 Å². The van der Waals surface area contributed by atoms with E-state index in [-0.39, 0.29) is 11.3 Å². The third-order valence-corrected chi connectivity index (χ3v) is 10.8. The first-order valence-electron chi connectivity index (χ1n) is 15.9. The minimum Gasteiger partial charge on any atom is -0.391 e. The lowest BCUT2D eigenvalue weighted by Crippen LogP contribution is -2.38. The monoisotopic (exact) mass is 656 g/mol. The van der Waals surface area contributed by atoms with Crippen LogP contribution in [0.3, 0.4) is 0 Å². The zero-order valence-corrected chi connectivity index (χ0v) is 26.6. The second-order valence-electron chi connectivity index (χ2n) is 12.2. The van der Waals surface area contributed by atoms with E-state index in [1.54, 1.807) is 24.7 Å². The average molecular weight is 657 g/mol. The molecule has 1 unspecified atom stereocenters. The highest BCUT2D eigenvalue weighted by atomic mass is 32.2. The summed E-state index contributed by atoms with van der Waals surface area (Å²) in [6.07, 6.45) is 15.2. The van der Waals surface area contributed by atoms with Gasteiger partial charge in [-0.25, -0.2) is 23.4 Å². The lowest BCUT2D eigenvalue weighted by molar-refractivity contribution is -0.109. The number of aldehydes is 1. The number of nitrogens with one attached hydrogen (secondary N) is 1. The number of aliphatic hydroxyl groups is 1. The highest BCUT2D eigenvalue weighted by molar-refractivity contribution is 7.90. The van der Waals surface area contributed by atoms with Crippen LogP contribution in [-0.2, 0) is 14.8 Å². The average Bonchev–Trinajstić information content (AvgIpc) is 3.64. The van der Waals surface area contributed by atoms with Gasteiger partial charge in [0.1, 0.15) is 17.9 Å². The van der Waals surface area contributed by atoms with Crippen LogP contribution in [0.25, 0.3) is 11.4 Å². The van der Waals surface area contributed by atoms with Crippen molar-refractivity contribution in [2.24, 2.45) is 0 Å². The molecule has 3 fully saturated rings. The Bertz CT molecular complexity index is 1920. The number of rotatable bonds is 9. The summed E-state index contributed by atoms with van der Waals surface area (Å²) in [7, 11) is -3.49. The Kier molecular flexibility index (Phi) is 8.72. The zero-order chi connectivity index (χ0) is 32.4. The van der Waals surface area contributed by atoms with Crippen LogP contribution < -0.4 is 10.2 Å². The molecule has 0 aromatic carbocycles. The SMILES string of the molecule is O=CCN1CCC(n2cc(C#Cc3cnc(Nc4ccnc(-c5cnn(S(=O)(=O)C6CC6)c5)n4)cc3N3CCCC(O)C3)cn2)CC1. The van der Waals surface area contributed by atoms with Crippen LogP contribution in [-0.4, -0.2) is 103 Å². The number of aliphatic hydroxyl groups excluding tert-OH is 1. The van der Waals surface area contributed by atoms with Gasteiger partial charge in [-0.2, -0.15) is 14.3 Å². The Morgan fingerprint density at radius 2 is 1.83 bits per heavy atom. The standard InChI is InChI=1S/C32H36N10O4S/c43-15-14-39-12-8-26(9-13-39)41-20-23(17-35-41)3-4-24-18-34-31(16-29(24)40-11-1-2-27(44)22-40)37-30-7-10-33-32(38-30)25-19-36-42(21-25)47(45,46)28-5-6-28/h7,10,15-21,26-28,44H,1-2,5-6,8-9,11-14,22H2,(H,33,34,37,38). The van der Waals surface area contributed by atoms with Gasteiger partial charge in [0.25, 0.3) is 10.0 Å². The number of piperidine rings is 2. The number of hydrogen-bond acceptors (Lipinski definition) is 12. The molecule has 0 bridgehead atoms. The van der Waals surface area contributed by atoms with Crippen molar-refractivity contribution < 1.29 is 18.3 Å². The fraction of sp³-hybridized carbons (Fsp3) is 0.438. The molecule has 3 aliphatic rings. The number of pyridine rings is 1. The summed E-state index contributed by atoms with van der Waals surface area (Å²) < 4.78 is 28.1. The maximum absolute atomic E-state index is 12.6. The molecule has 1 atom stereocenters. The predicted molar refractivity (Wildman–Crippen MR) is 175 cm³/mol. The molecule has 6 heterocycles. The largest absolute Gasteiger partial charge is 0.391 e. The summed E-state index contributed by atoms with van der Waals surface area (Å²) in [5.74, 6) is 7.88. The van der Waals surface area contributed by atoms with Crippen LogP contribution >= 0.6 is 0 Å². The van der Waals surface area contributed by atoms with E-state index >= 15 is 0 Å². The predicted octanol–water partition coefficient (Wildman–Crippen LogP) is 2.21. The van der Waals surface area contributed by atoms with E-state index in [0.29, 0.717) is 49.0 Å². The van der Waals surface area contributed by atoms with Crippen molar-refractivity contribution in [1.29, 1.82) is 0 Å². The van der Waals surface area contributed by atoms with Crippen molar-refractivity contribution in [1.82, 2.24) is 38.8 Å². The molecule has 0 spiro atoms. The number of β-amino-alcohol motifs (C(OH)–C–C–N with tert-alkyl or cyclic N) is 1. The summed E-state index contributed by atoms with van der Waals surface area (Å²) in [6.45, 7) is 3.48. The Balaban J connectivity index is 1.10. The van der Waals surface area contributed by atoms with Crippen molar-refractivity contribution >= 4 is 33.6 Å². The lowest BCUT2D eigenvalue weighted by Gasteiger charge is -2.32. The van der Waals surface area contributed by atoms with Gasteiger partial charge in [-0.15, -0.1) is 0 Å². The van der Waals surface area contributed by atoms with E-state index < -0.39 is 16.1 Å². The van der Waals surface area contributed by atoms with E-state index in [0.717, 1.165) is 72.5 Å². The summed E-state index contributed by atoms with van der Waals surface area (Å²) in [5.41, 5.74) is 2.87. The van der Waals surface area contributed by atoms with Crippen LogP contribution in [0.2, 0.25) is 0 Å². The maximum atomic E-state index is 12.6. The molecule has 14 nitrogen and oxygen atoms in total. The summed E-state index contributed by atoms with van der Waals surface area (Å²) in [6, 6.07) is 3.89. The van der Waals surface area contributed by atoms with Crippen molar-refractivity contribution in [2.45, 2.75) is 55.9 Å². The molecule has 1 saturated carbocycles. The third-order valence-electron chi connectivity index (χ3n) is 8.76. The number of anilines is 3. The van der Waals surface area contributed by atoms with Gasteiger partial charge in [0, 0.05) is 50.8 Å². The van der Waals surface area contributed by atoms with Gasteiger partial charge in [-0.3, -0.25) is 9.58 Å². The lowest BCUT2D eigenvalue weighted by atomic mass is 10.1. The molecule has 15 heteroatoms. The van der Waals surface area contributed by atoms with Crippen LogP contribution in [0.5, 0.6) is 0 Å². The zero-order valence-electron chi connectivity index (χ0n) is 25.8. The molecule has 4 aromatic heterocycles. The van der Waals surface area contributed by atoms with Crippen molar-refractivity contribution in [3.63, 3.8) is 0 Å². The van der Waals surface area contributed by atoms with Crippen LogP contribution in [0.15, 0.2) is 49.3 Å². The molecule has 2 N–H and O–H groups in total. The van der Waals surface area contributed by atoms with Gasteiger partial charge in [0.15, 0.2) is 5.82 Å². The second-order valence-corrected chi connectivity index (χ2v) is 14.3. The van der Waals surface area contributed by atoms with E-state index in [1.807, 2.05) is 16.9 Å². The van der Waals surface area contributed by atoms with E-state index in [9.17, 15) is 18.3 Å². The normalized spacial score (nSPS) is 19.3. The molecule has 7 rings (SSSR count). The van der Waals surface area contributed by atoms with Crippen molar-refractivity contribution in [2.75, 3.05) is 42.9 Å². The molecule has 4 aromatic rings. The van der Waals surface area contributed by atoms with E-state index in [2.05, 4.69) is 52.1 Å². The molecule has 1 aliphatic carbocycles. The van der Waals surface area contributed by atoms with Gasteiger partial charge in [-0.05, 0) is 44.6 Å². The quantitative estimate of drug-likeness (QED) is 0.200. The first-order chi connectivity index (χ1) is 22.9. The fourth-order valence-corrected chi connectivity index (χ4v) is 7.51. The number of carbonyl (C=O) groups excluding carboxylic acids is 1. The first-order valence-corrected chi connectivity index (χ1v) is 17.4. The molecular formula is C32H36N10O4S. The van der Waals surface area contributed by atoms with Gasteiger partial charge in [0.2, 0.25) is 0 Å². The van der Waals surface area contributed by atoms with Crippen LogP contribution in [0.1, 0.15) is 55.7 Å². The first kappa shape index (κ1) is 31.0. The second kappa shape index (κ2) is 13.2. The molecule has 2 aliphatic heterocycles.